The van der Waals surface area contributed by atoms with Crippen molar-refractivity contribution in [2.75, 3.05) is 25.0 Å². The van der Waals surface area contributed by atoms with Gasteiger partial charge in [0.05, 0.1) is 0 Å². The highest BCUT2D eigenvalue weighted by atomic mass is 16.2. The summed E-state index contributed by atoms with van der Waals surface area (Å²) in [4.78, 5) is 14.3. The predicted molar refractivity (Wildman–Crippen MR) is 126 cm³/mol. The molecule has 2 rings (SSSR count). The zero-order valence-electron chi connectivity index (χ0n) is 18.2. The zero-order valence-corrected chi connectivity index (χ0v) is 18.2. The second-order valence-corrected chi connectivity index (χ2v) is 8.10. The first-order valence-electron chi connectivity index (χ1n) is 11.7. The molecular formula is C26H40N2O. The van der Waals surface area contributed by atoms with E-state index in [4.69, 9.17) is 0 Å². The molecule has 0 saturated carbocycles. The van der Waals surface area contributed by atoms with Crippen LogP contribution < -0.4 is 5.32 Å². The fourth-order valence-electron chi connectivity index (χ4n) is 3.78. The highest BCUT2D eigenvalue weighted by Gasteiger charge is 2.18. The van der Waals surface area contributed by atoms with Gasteiger partial charge in [-0.05, 0) is 75.6 Å². The predicted octanol–water partition coefficient (Wildman–Crippen LogP) is 6.98. The van der Waals surface area contributed by atoms with Crippen LogP contribution in [0.1, 0.15) is 87.4 Å². The first-order valence-corrected chi connectivity index (χ1v) is 11.7. The van der Waals surface area contributed by atoms with Crippen molar-refractivity contribution >= 4 is 11.6 Å². The van der Waals surface area contributed by atoms with Crippen molar-refractivity contribution < 1.29 is 4.79 Å². The average molecular weight is 397 g/mol. The first kappa shape index (κ1) is 23.3. The van der Waals surface area contributed by atoms with Crippen molar-refractivity contribution in [1.82, 2.24) is 4.90 Å². The Balaban J connectivity index is 1.46. The summed E-state index contributed by atoms with van der Waals surface area (Å²) in [5.41, 5.74) is 1.90. The number of unbranched alkanes of at least 4 members (excludes halogenated alkanes) is 8. The Morgan fingerprint density at radius 2 is 1.45 bits per heavy atom. The zero-order chi connectivity index (χ0) is 20.6. The standard InChI is InChI=1S/C26H40N2O/c1-2-3-4-5-6-7-8-9-10-11-12-13-14-21-27-25-19-17-24(18-20-25)26(29)28-22-15-16-23-28/h2,11-12,17-20,27H,1,3-10,13-16,21-23H2/b12-11+. The fourth-order valence-corrected chi connectivity index (χ4v) is 3.78. The lowest BCUT2D eigenvalue weighted by Crippen LogP contribution is -2.27. The van der Waals surface area contributed by atoms with Gasteiger partial charge in [0.1, 0.15) is 0 Å². The number of nitrogens with one attached hydrogen (secondary N) is 1. The van der Waals surface area contributed by atoms with Crippen LogP contribution >= 0.6 is 0 Å². The summed E-state index contributed by atoms with van der Waals surface area (Å²) < 4.78 is 0. The third-order valence-corrected chi connectivity index (χ3v) is 5.60. The average Bonchev–Trinajstić information content (AvgIpc) is 3.29. The van der Waals surface area contributed by atoms with E-state index in [1.54, 1.807) is 0 Å². The van der Waals surface area contributed by atoms with Gasteiger partial charge in [-0.3, -0.25) is 4.79 Å². The van der Waals surface area contributed by atoms with Gasteiger partial charge in [0, 0.05) is 30.9 Å². The molecule has 0 bridgehead atoms. The molecule has 1 saturated heterocycles. The van der Waals surface area contributed by atoms with E-state index >= 15 is 0 Å². The van der Waals surface area contributed by atoms with E-state index in [1.165, 1.54) is 51.4 Å². The van der Waals surface area contributed by atoms with Crippen molar-refractivity contribution in [2.24, 2.45) is 0 Å². The SMILES string of the molecule is C=CCCCCCCCC/C=C/CCCNc1ccc(C(=O)N2CCCC2)cc1. The molecule has 0 atom stereocenters. The minimum atomic E-state index is 0.173. The first-order chi connectivity index (χ1) is 14.3. The Morgan fingerprint density at radius 3 is 2.10 bits per heavy atom. The molecule has 3 heteroatoms. The van der Waals surface area contributed by atoms with E-state index in [9.17, 15) is 4.79 Å². The number of allylic oxidation sites excluding steroid dienone is 3. The number of carbonyl (C=O) groups excluding carboxylic acids is 1. The summed E-state index contributed by atoms with van der Waals surface area (Å²) in [6, 6.07) is 7.94. The maximum atomic E-state index is 12.3. The molecule has 1 aromatic carbocycles. The molecule has 0 aromatic heterocycles. The number of likely N-dealkylation sites (tertiary alicyclic amines) is 1. The van der Waals surface area contributed by atoms with E-state index in [0.29, 0.717) is 0 Å². The summed E-state index contributed by atoms with van der Waals surface area (Å²) in [6.45, 7) is 6.54. The number of nitrogens with zero attached hydrogens (tertiary/aromatic N) is 1. The normalized spacial score (nSPS) is 13.9. The number of hydrogen-bond donors (Lipinski definition) is 1. The Labute approximate surface area is 178 Å². The van der Waals surface area contributed by atoms with E-state index in [-0.39, 0.29) is 5.91 Å². The lowest BCUT2D eigenvalue weighted by molar-refractivity contribution is 0.0793. The molecule has 1 amide bonds. The van der Waals surface area contributed by atoms with Crippen LogP contribution in [-0.4, -0.2) is 30.4 Å². The molecule has 160 valence electrons. The molecule has 3 nitrogen and oxygen atoms in total. The second kappa shape index (κ2) is 14.9. The van der Waals surface area contributed by atoms with Gasteiger partial charge >= 0.3 is 0 Å². The van der Waals surface area contributed by atoms with Crippen LogP contribution in [0, 0.1) is 0 Å². The summed E-state index contributed by atoms with van der Waals surface area (Å²) >= 11 is 0. The van der Waals surface area contributed by atoms with Crippen LogP contribution in [0.15, 0.2) is 49.1 Å². The molecular weight excluding hydrogens is 356 g/mol. The molecule has 1 heterocycles. The molecule has 1 aliphatic heterocycles. The number of carbonyl (C=O) groups is 1. The van der Waals surface area contributed by atoms with Crippen LogP contribution in [0.4, 0.5) is 5.69 Å². The maximum absolute atomic E-state index is 12.3. The fraction of sp³-hybridized carbons (Fsp3) is 0.577. The van der Waals surface area contributed by atoms with Gasteiger partial charge in [-0.1, -0.05) is 43.9 Å². The van der Waals surface area contributed by atoms with Crippen LogP contribution in [0.2, 0.25) is 0 Å². The van der Waals surface area contributed by atoms with Gasteiger partial charge in [0.2, 0.25) is 0 Å². The quantitative estimate of drug-likeness (QED) is 0.256. The Kier molecular flexibility index (Phi) is 11.9. The molecule has 0 aliphatic carbocycles. The number of benzene rings is 1. The molecule has 1 aromatic rings. The lowest BCUT2D eigenvalue weighted by Gasteiger charge is -2.15. The Hall–Kier alpha value is -2.03. The summed E-state index contributed by atoms with van der Waals surface area (Å²) in [5.74, 6) is 0.173. The summed E-state index contributed by atoms with van der Waals surface area (Å²) in [7, 11) is 0. The van der Waals surface area contributed by atoms with E-state index < -0.39 is 0 Å². The molecule has 0 spiro atoms. The van der Waals surface area contributed by atoms with Gasteiger partial charge in [0.25, 0.3) is 5.91 Å². The number of amides is 1. The highest BCUT2D eigenvalue weighted by molar-refractivity contribution is 5.94. The molecule has 1 aliphatic rings. The van der Waals surface area contributed by atoms with Crippen molar-refractivity contribution in [3.8, 4) is 0 Å². The Morgan fingerprint density at radius 1 is 0.862 bits per heavy atom. The van der Waals surface area contributed by atoms with Gasteiger partial charge in [-0.2, -0.15) is 0 Å². The highest BCUT2D eigenvalue weighted by Crippen LogP contribution is 2.15. The minimum absolute atomic E-state index is 0.173. The van der Waals surface area contributed by atoms with E-state index in [2.05, 4.69) is 24.0 Å². The van der Waals surface area contributed by atoms with Gasteiger partial charge in [-0.15, -0.1) is 6.58 Å². The second-order valence-electron chi connectivity index (χ2n) is 8.10. The van der Waals surface area contributed by atoms with Crippen LogP contribution in [-0.2, 0) is 0 Å². The molecule has 1 fully saturated rings. The van der Waals surface area contributed by atoms with Crippen molar-refractivity contribution in [2.45, 2.75) is 77.0 Å². The largest absolute Gasteiger partial charge is 0.385 e. The third kappa shape index (κ3) is 9.83. The molecule has 1 N–H and O–H groups in total. The maximum Gasteiger partial charge on any atom is 0.253 e. The number of rotatable bonds is 15. The van der Waals surface area contributed by atoms with Crippen LogP contribution in [0.5, 0.6) is 0 Å². The van der Waals surface area contributed by atoms with Crippen molar-refractivity contribution in [3.63, 3.8) is 0 Å². The number of anilines is 1. The summed E-state index contributed by atoms with van der Waals surface area (Å²) in [5, 5.41) is 3.46. The number of hydrogen-bond acceptors (Lipinski definition) is 2. The summed E-state index contributed by atoms with van der Waals surface area (Å²) in [6.07, 6.45) is 21.7. The minimum Gasteiger partial charge on any atom is -0.385 e. The molecule has 0 unspecified atom stereocenters. The third-order valence-electron chi connectivity index (χ3n) is 5.60. The van der Waals surface area contributed by atoms with Gasteiger partial charge in [0.15, 0.2) is 0 Å². The molecule has 29 heavy (non-hydrogen) atoms. The Bertz CT molecular complexity index is 600. The monoisotopic (exact) mass is 396 g/mol. The molecule has 0 radical (unpaired) electrons. The van der Waals surface area contributed by atoms with Crippen LogP contribution in [0.3, 0.4) is 0 Å². The smallest absolute Gasteiger partial charge is 0.253 e. The lowest BCUT2D eigenvalue weighted by atomic mass is 10.1. The topological polar surface area (TPSA) is 32.3 Å². The van der Waals surface area contributed by atoms with Crippen molar-refractivity contribution in [3.05, 3.63) is 54.6 Å². The van der Waals surface area contributed by atoms with Gasteiger partial charge < -0.3 is 10.2 Å². The van der Waals surface area contributed by atoms with E-state index in [1.807, 2.05) is 35.2 Å². The van der Waals surface area contributed by atoms with E-state index in [0.717, 1.165) is 56.6 Å². The van der Waals surface area contributed by atoms with Crippen LogP contribution in [0.25, 0.3) is 0 Å². The van der Waals surface area contributed by atoms with Gasteiger partial charge in [-0.25, -0.2) is 0 Å². The van der Waals surface area contributed by atoms with Crippen molar-refractivity contribution in [1.29, 1.82) is 0 Å².